The molecule has 1 unspecified atom stereocenters. The molecule has 1 rings (SSSR count). The van der Waals surface area contributed by atoms with Crippen molar-refractivity contribution >= 4 is 0 Å². The Balaban J connectivity index is 2.16. The Labute approximate surface area is 85.0 Å². The van der Waals surface area contributed by atoms with Crippen LogP contribution in [0, 0.1) is 0 Å². The van der Waals surface area contributed by atoms with E-state index in [0.717, 1.165) is 6.42 Å². The Bertz CT molecular complexity index is 238. The molecule has 0 saturated heterocycles. The zero-order valence-electron chi connectivity index (χ0n) is 8.36. The van der Waals surface area contributed by atoms with Gasteiger partial charge in [-0.25, -0.2) is 0 Å². The summed E-state index contributed by atoms with van der Waals surface area (Å²) < 4.78 is 5.45. The van der Waals surface area contributed by atoms with Crippen LogP contribution >= 0.6 is 0 Å². The average molecular weight is 194 g/mol. The molecule has 78 valence electrons. The van der Waals surface area contributed by atoms with Crippen LogP contribution in [0.1, 0.15) is 12.0 Å². The van der Waals surface area contributed by atoms with Crippen molar-refractivity contribution < 1.29 is 4.74 Å². The molecule has 0 spiro atoms. The fourth-order valence-electron chi connectivity index (χ4n) is 1.20. The molecule has 0 fully saturated rings. The Kier molecular flexibility index (Phi) is 5.22. The van der Waals surface area contributed by atoms with E-state index in [1.54, 1.807) is 0 Å². The van der Waals surface area contributed by atoms with Gasteiger partial charge in [-0.3, -0.25) is 0 Å². The molecule has 0 amide bonds. The van der Waals surface area contributed by atoms with E-state index in [1.165, 1.54) is 5.56 Å². The second-order valence-corrected chi connectivity index (χ2v) is 3.34. The van der Waals surface area contributed by atoms with Gasteiger partial charge in [0.05, 0.1) is 13.2 Å². The predicted molar refractivity (Wildman–Crippen MR) is 57.7 cm³/mol. The molecular formula is C11H18N2O. The van der Waals surface area contributed by atoms with Crippen molar-refractivity contribution in [2.75, 3.05) is 13.2 Å². The summed E-state index contributed by atoms with van der Waals surface area (Å²) in [6.07, 6.45) is 0.814. The average Bonchev–Trinajstić information content (AvgIpc) is 2.20. The first-order valence-electron chi connectivity index (χ1n) is 4.90. The minimum absolute atomic E-state index is 0.0590. The van der Waals surface area contributed by atoms with Gasteiger partial charge in [0.15, 0.2) is 0 Å². The molecule has 1 aromatic carbocycles. The minimum Gasteiger partial charge on any atom is -0.375 e. The highest BCUT2D eigenvalue weighted by atomic mass is 16.5. The predicted octanol–water partition coefficient (Wildman–Crippen LogP) is 0.879. The van der Waals surface area contributed by atoms with E-state index >= 15 is 0 Å². The monoisotopic (exact) mass is 194 g/mol. The third-order valence-corrected chi connectivity index (χ3v) is 1.98. The van der Waals surface area contributed by atoms with E-state index < -0.39 is 0 Å². The van der Waals surface area contributed by atoms with Crippen LogP contribution in [0.25, 0.3) is 0 Å². The van der Waals surface area contributed by atoms with Gasteiger partial charge in [-0.2, -0.15) is 0 Å². The highest BCUT2D eigenvalue weighted by molar-refractivity contribution is 5.13. The van der Waals surface area contributed by atoms with Gasteiger partial charge in [-0.1, -0.05) is 30.3 Å². The van der Waals surface area contributed by atoms with E-state index in [4.69, 9.17) is 16.2 Å². The minimum atomic E-state index is 0.0590. The lowest BCUT2D eigenvalue weighted by molar-refractivity contribution is 0.106. The lowest BCUT2D eigenvalue weighted by atomic mass is 10.2. The first-order valence-corrected chi connectivity index (χ1v) is 4.90. The molecule has 0 aromatic heterocycles. The molecule has 0 aliphatic rings. The highest BCUT2D eigenvalue weighted by Crippen LogP contribution is 2.00. The van der Waals surface area contributed by atoms with Gasteiger partial charge in [0, 0.05) is 6.04 Å². The van der Waals surface area contributed by atoms with Gasteiger partial charge < -0.3 is 16.2 Å². The Hall–Kier alpha value is -0.900. The van der Waals surface area contributed by atoms with Gasteiger partial charge in [0.2, 0.25) is 0 Å². The summed E-state index contributed by atoms with van der Waals surface area (Å²) in [5.74, 6) is 0. The Morgan fingerprint density at radius 1 is 1.21 bits per heavy atom. The molecule has 0 aliphatic heterocycles. The third-order valence-electron chi connectivity index (χ3n) is 1.98. The van der Waals surface area contributed by atoms with E-state index in [2.05, 4.69) is 0 Å². The molecule has 3 nitrogen and oxygen atoms in total. The van der Waals surface area contributed by atoms with E-state index in [0.29, 0.717) is 19.8 Å². The summed E-state index contributed by atoms with van der Waals surface area (Å²) in [6, 6.07) is 10.1. The quantitative estimate of drug-likeness (QED) is 0.706. The summed E-state index contributed by atoms with van der Waals surface area (Å²) in [7, 11) is 0. The number of hydrogen-bond donors (Lipinski definition) is 2. The molecule has 4 N–H and O–H groups in total. The van der Waals surface area contributed by atoms with Crippen LogP contribution < -0.4 is 11.5 Å². The molecule has 0 radical (unpaired) electrons. The fourth-order valence-corrected chi connectivity index (χ4v) is 1.20. The number of ether oxygens (including phenoxy) is 1. The van der Waals surface area contributed by atoms with Crippen molar-refractivity contribution in [3.8, 4) is 0 Å². The summed E-state index contributed by atoms with van der Waals surface area (Å²) in [6.45, 7) is 1.82. The zero-order valence-corrected chi connectivity index (χ0v) is 8.36. The summed E-state index contributed by atoms with van der Waals surface area (Å²) in [5.41, 5.74) is 12.3. The van der Waals surface area contributed by atoms with Gasteiger partial charge in [0.1, 0.15) is 0 Å². The van der Waals surface area contributed by atoms with Crippen LogP contribution in [0.5, 0.6) is 0 Å². The number of rotatable bonds is 6. The van der Waals surface area contributed by atoms with Crippen LogP contribution in [0.4, 0.5) is 0 Å². The molecule has 0 heterocycles. The molecule has 0 aliphatic carbocycles. The topological polar surface area (TPSA) is 61.3 Å². The largest absolute Gasteiger partial charge is 0.375 e. The Morgan fingerprint density at radius 3 is 2.57 bits per heavy atom. The van der Waals surface area contributed by atoms with Gasteiger partial charge in [-0.15, -0.1) is 0 Å². The maximum Gasteiger partial charge on any atom is 0.0717 e. The van der Waals surface area contributed by atoms with E-state index in [1.807, 2.05) is 30.3 Å². The van der Waals surface area contributed by atoms with Crippen molar-refractivity contribution in [2.45, 2.75) is 19.1 Å². The lowest BCUT2D eigenvalue weighted by Gasteiger charge is -2.10. The zero-order chi connectivity index (χ0) is 10.2. The summed E-state index contributed by atoms with van der Waals surface area (Å²) in [5, 5.41) is 0. The van der Waals surface area contributed by atoms with Crippen LogP contribution in [0.3, 0.4) is 0 Å². The highest BCUT2D eigenvalue weighted by Gasteiger charge is 2.00. The van der Waals surface area contributed by atoms with E-state index in [-0.39, 0.29) is 6.04 Å². The van der Waals surface area contributed by atoms with Crippen molar-refractivity contribution in [2.24, 2.45) is 11.5 Å². The van der Waals surface area contributed by atoms with Crippen molar-refractivity contribution in [1.29, 1.82) is 0 Å². The second kappa shape index (κ2) is 6.54. The van der Waals surface area contributed by atoms with Gasteiger partial charge in [0.25, 0.3) is 0 Å². The fraction of sp³-hybridized carbons (Fsp3) is 0.455. The second-order valence-electron chi connectivity index (χ2n) is 3.34. The van der Waals surface area contributed by atoms with Crippen LogP contribution in [-0.2, 0) is 11.3 Å². The van der Waals surface area contributed by atoms with Crippen molar-refractivity contribution in [3.63, 3.8) is 0 Å². The van der Waals surface area contributed by atoms with Crippen LogP contribution in [0.15, 0.2) is 30.3 Å². The smallest absolute Gasteiger partial charge is 0.0717 e. The first-order chi connectivity index (χ1) is 6.83. The maximum absolute atomic E-state index is 5.74. The van der Waals surface area contributed by atoms with Crippen molar-refractivity contribution in [3.05, 3.63) is 35.9 Å². The Morgan fingerprint density at radius 2 is 1.93 bits per heavy atom. The van der Waals surface area contributed by atoms with Crippen LogP contribution in [0.2, 0.25) is 0 Å². The molecule has 0 saturated carbocycles. The molecule has 1 atom stereocenters. The number of hydrogen-bond acceptors (Lipinski definition) is 3. The van der Waals surface area contributed by atoms with Crippen LogP contribution in [-0.4, -0.2) is 19.2 Å². The standard InChI is InChI=1S/C11H18N2O/c12-7-6-11(13)9-14-8-10-4-2-1-3-5-10/h1-5,11H,6-9,12-13H2. The first kappa shape index (κ1) is 11.2. The number of nitrogens with two attached hydrogens (primary N) is 2. The summed E-state index contributed by atoms with van der Waals surface area (Å²) >= 11 is 0. The SMILES string of the molecule is NCCC(N)COCc1ccccc1. The van der Waals surface area contributed by atoms with Gasteiger partial charge in [-0.05, 0) is 18.5 Å². The van der Waals surface area contributed by atoms with E-state index in [9.17, 15) is 0 Å². The normalized spacial score (nSPS) is 12.7. The molecule has 0 bridgehead atoms. The number of benzene rings is 1. The lowest BCUT2D eigenvalue weighted by Crippen LogP contribution is -2.28. The van der Waals surface area contributed by atoms with Gasteiger partial charge >= 0.3 is 0 Å². The molecule has 14 heavy (non-hydrogen) atoms. The molecule has 3 heteroatoms. The summed E-state index contributed by atoms with van der Waals surface area (Å²) in [4.78, 5) is 0. The maximum atomic E-state index is 5.74. The molecule has 1 aromatic rings. The van der Waals surface area contributed by atoms with Crippen molar-refractivity contribution in [1.82, 2.24) is 0 Å². The third kappa shape index (κ3) is 4.37. The molecular weight excluding hydrogens is 176 g/mol.